The molecule has 1 heteroatoms. The molecule has 0 unspecified atom stereocenters. The summed E-state index contributed by atoms with van der Waals surface area (Å²) >= 11 is 0. The van der Waals surface area contributed by atoms with E-state index in [1.165, 1.54) is 5.57 Å². The van der Waals surface area contributed by atoms with Crippen LogP contribution in [0.4, 0.5) is 0 Å². The third-order valence-electron chi connectivity index (χ3n) is 3.49. The second-order valence-electron chi connectivity index (χ2n) is 4.53. The van der Waals surface area contributed by atoms with Crippen molar-refractivity contribution >= 4 is 0 Å². The maximum Gasteiger partial charge on any atom is 0.106 e. The first kappa shape index (κ1) is 7.57. The van der Waals surface area contributed by atoms with Crippen molar-refractivity contribution in [1.29, 1.82) is 0 Å². The predicted octanol–water partition coefficient (Wildman–Crippen LogP) is 2.61. The van der Waals surface area contributed by atoms with Gasteiger partial charge in [-0.1, -0.05) is 30.4 Å². The Morgan fingerprint density at radius 2 is 2.23 bits per heavy atom. The summed E-state index contributed by atoms with van der Waals surface area (Å²) in [7, 11) is 0. The molecule has 0 aromatic carbocycles. The first-order valence-electron chi connectivity index (χ1n) is 4.92. The van der Waals surface area contributed by atoms with E-state index in [2.05, 4.69) is 44.2 Å². The van der Waals surface area contributed by atoms with Gasteiger partial charge in [0.2, 0.25) is 0 Å². The number of hydrogen-bond acceptors (Lipinski definition) is 1. The van der Waals surface area contributed by atoms with Gasteiger partial charge in [-0.3, -0.25) is 0 Å². The molecule has 0 spiro atoms. The lowest BCUT2D eigenvalue weighted by Crippen LogP contribution is -2.28. The van der Waals surface area contributed by atoms with E-state index >= 15 is 0 Å². The zero-order chi connectivity index (χ0) is 9.10. The van der Waals surface area contributed by atoms with Crippen LogP contribution in [0.3, 0.4) is 0 Å². The van der Waals surface area contributed by atoms with E-state index in [9.17, 15) is 0 Å². The molecule has 2 heterocycles. The summed E-state index contributed by atoms with van der Waals surface area (Å²) < 4.78 is 6.06. The van der Waals surface area contributed by atoms with Crippen LogP contribution in [0.2, 0.25) is 0 Å². The summed E-state index contributed by atoms with van der Waals surface area (Å²) in [6, 6.07) is 0. The molecule has 0 aromatic heterocycles. The Kier molecular flexibility index (Phi) is 1.15. The van der Waals surface area contributed by atoms with Crippen molar-refractivity contribution in [3.63, 3.8) is 0 Å². The second-order valence-corrected chi connectivity index (χ2v) is 4.53. The Morgan fingerprint density at radius 3 is 3.00 bits per heavy atom. The highest BCUT2D eigenvalue weighted by atomic mass is 16.5. The van der Waals surface area contributed by atoms with E-state index in [0.29, 0.717) is 5.92 Å². The quantitative estimate of drug-likeness (QED) is 0.513. The van der Waals surface area contributed by atoms with Gasteiger partial charge in [-0.15, -0.1) is 0 Å². The Balaban J connectivity index is 2.19. The largest absolute Gasteiger partial charge is 0.356 e. The van der Waals surface area contributed by atoms with Crippen LogP contribution in [-0.4, -0.2) is 11.2 Å². The SMILES string of the molecule is C[C@]12C=C[C@](C)(O1)C1=CCC=C[C@@H]12. The van der Waals surface area contributed by atoms with Crippen LogP contribution < -0.4 is 0 Å². The lowest BCUT2D eigenvalue weighted by molar-refractivity contribution is -0.0117. The number of fused-ring (bicyclic) bond motifs is 5. The highest BCUT2D eigenvalue weighted by molar-refractivity contribution is 5.46. The smallest absolute Gasteiger partial charge is 0.106 e. The predicted molar refractivity (Wildman–Crippen MR) is 52.4 cm³/mol. The molecule has 2 aliphatic heterocycles. The number of ether oxygens (including phenoxy) is 1. The lowest BCUT2D eigenvalue weighted by atomic mass is 9.74. The first-order valence-corrected chi connectivity index (χ1v) is 4.92. The second kappa shape index (κ2) is 1.98. The zero-order valence-corrected chi connectivity index (χ0v) is 8.08. The van der Waals surface area contributed by atoms with E-state index in [4.69, 9.17) is 4.74 Å². The highest BCUT2D eigenvalue weighted by Gasteiger charge is 2.55. The van der Waals surface area contributed by atoms with Gasteiger partial charge in [-0.2, -0.15) is 0 Å². The van der Waals surface area contributed by atoms with Crippen molar-refractivity contribution in [1.82, 2.24) is 0 Å². The van der Waals surface area contributed by atoms with Crippen molar-refractivity contribution in [2.75, 3.05) is 0 Å². The molecule has 1 nitrogen and oxygen atoms in total. The van der Waals surface area contributed by atoms with Crippen LogP contribution in [0.5, 0.6) is 0 Å². The monoisotopic (exact) mass is 174 g/mol. The summed E-state index contributed by atoms with van der Waals surface area (Å²) in [4.78, 5) is 0. The van der Waals surface area contributed by atoms with E-state index in [1.54, 1.807) is 0 Å². The summed E-state index contributed by atoms with van der Waals surface area (Å²) in [6.45, 7) is 4.34. The average molecular weight is 174 g/mol. The maximum absolute atomic E-state index is 6.06. The number of rotatable bonds is 0. The molecule has 0 saturated carbocycles. The summed E-state index contributed by atoms with van der Waals surface area (Å²) in [6.07, 6.45) is 12.3. The summed E-state index contributed by atoms with van der Waals surface area (Å²) in [5.41, 5.74) is 1.28. The van der Waals surface area contributed by atoms with Gasteiger partial charge in [0.1, 0.15) is 5.60 Å². The van der Waals surface area contributed by atoms with Gasteiger partial charge >= 0.3 is 0 Å². The van der Waals surface area contributed by atoms with Gasteiger partial charge in [0, 0.05) is 5.92 Å². The van der Waals surface area contributed by atoms with Crippen LogP contribution in [0.15, 0.2) is 36.0 Å². The third kappa shape index (κ3) is 0.761. The minimum absolute atomic E-state index is 0.0719. The Morgan fingerprint density at radius 1 is 1.38 bits per heavy atom. The first-order chi connectivity index (χ1) is 6.14. The van der Waals surface area contributed by atoms with Crippen molar-refractivity contribution < 1.29 is 4.74 Å². The molecule has 0 radical (unpaired) electrons. The van der Waals surface area contributed by atoms with E-state index in [1.807, 2.05) is 0 Å². The van der Waals surface area contributed by atoms with E-state index in [0.717, 1.165) is 6.42 Å². The Labute approximate surface area is 78.8 Å². The molecule has 0 N–H and O–H groups in total. The fourth-order valence-corrected chi connectivity index (χ4v) is 2.82. The molecule has 13 heavy (non-hydrogen) atoms. The number of hydrogen-bond donors (Lipinski definition) is 0. The van der Waals surface area contributed by atoms with Crippen LogP contribution in [0.25, 0.3) is 0 Å². The molecule has 1 aliphatic carbocycles. The lowest BCUT2D eigenvalue weighted by Gasteiger charge is -2.26. The average Bonchev–Trinajstić information content (AvgIpc) is 2.55. The van der Waals surface area contributed by atoms with Gasteiger partial charge < -0.3 is 4.74 Å². The summed E-state index contributed by atoms with van der Waals surface area (Å²) in [5, 5.41) is 0. The van der Waals surface area contributed by atoms with Crippen molar-refractivity contribution in [3.05, 3.63) is 36.0 Å². The standard InChI is InChI=1S/C12H14O/c1-11-7-8-12(2,13-11)10-6-4-3-5-9(10)11/h3,5-9H,4H2,1-2H3/t9-,11+,12-/m0/s1. The molecule has 3 aliphatic rings. The number of allylic oxidation sites excluding steroid dienone is 2. The molecular formula is C12H14O. The normalized spacial score (nSPS) is 50.9. The topological polar surface area (TPSA) is 9.23 Å². The van der Waals surface area contributed by atoms with E-state index < -0.39 is 0 Å². The Bertz CT molecular complexity index is 350. The van der Waals surface area contributed by atoms with Gasteiger partial charge in [0.05, 0.1) is 5.60 Å². The molecule has 1 saturated heterocycles. The zero-order valence-electron chi connectivity index (χ0n) is 8.08. The van der Waals surface area contributed by atoms with Crippen molar-refractivity contribution in [3.8, 4) is 0 Å². The minimum Gasteiger partial charge on any atom is -0.356 e. The van der Waals surface area contributed by atoms with Crippen LogP contribution in [0.1, 0.15) is 20.3 Å². The maximum atomic E-state index is 6.06. The molecule has 1 fully saturated rings. The summed E-state index contributed by atoms with van der Waals surface area (Å²) in [5.74, 6) is 0.483. The molecule has 2 bridgehead atoms. The fourth-order valence-electron chi connectivity index (χ4n) is 2.82. The van der Waals surface area contributed by atoms with Gasteiger partial charge in [0.15, 0.2) is 0 Å². The van der Waals surface area contributed by atoms with Crippen LogP contribution in [-0.2, 0) is 4.74 Å². The van der Waals surface area contributed by atoms with Gasteiger partial charge in [-0.05, 0) is 25.8 Å². The van der Waals surface area contributed by atoms with E-state index in [-0.39, 0.29) is 11.2 Å². The van der Waals surface area contributed by atoms with Crippen LogP contribution >= 0.6 is 0 Å². The molecule has 68 valence electrons. The molecule has 3 rings (SSSR count). The van der Waals surface area contributed by atoms with Gasteiger partial charge in [-0.25, -0.2) is 0 Å². The highest BCUT2D eigenvalue weighted by Crippen LogP contribution is 2.54. The van der Waals surface area contributed by atoms with Crippen molar-refractivity contribution in [2.24, 2.45) is 5.92 Å². The third-order valence-corrected chi connectivity index (χ3v) is 3.49. The molecule has 0 aromatic rings. The molecule has 0 amide bonds. The van der Waals surface area contributed by atoms with Crippen molar-refractivity contribution in [2.45, 2.75) is 31.5 Å². The van der Waals surface area contributed by atoms with Gasteiger partial charge in [0.25, 0.3) is 0 Å². The fraction of sp³-hybridized carbons (Fsp3) is 0.500. The minimum atomic E-state index is -0.107. The molecular weight excluding hydrogens is 160 g/mol. The van der Waals surface area contributed by atoms with Crippen LogP contribution in [0, 0.1) is 5.92 Å². The molecule has 3 atom stereocenters. The Hall–Kier alpha value is -0.820.